The molecule has 5 heteroatoms. The lowest BCUT2D eigenvalue weighted by Crippen LogP contribution is -2.44. The van der Waals surface area contributed by atoms with Gasteiger partial charge in [-0.15, -0.1) is 0 Å². The van der Waals surface area contributed by atoms with Gasteiger partial charge in [-0.3, -0.25) is 4.79 Å². The molecule has 2 fully saturated rings. The van der Waals surface area contributed by atoms with Gasteiger partial charge in [-0.2, -0.15) is 0 Å². The zero-order chi connectivity index (χ0) is 16.3. The zero-order valence-corrected chi connectivity index (χ0v) is 13.0. The summed E-state index contributed by atoms with van der Waals surface area (Å²) < 4.78 is 41.5. The Hall–Kier alpha value is -1.52. The number of carbonyl (C=O) groups is 1. The molecule has 0 radical (unpaired) electrons. The number of amides is 1. The summed E-state index contributed by atoms with van der Waals surface area (Å²) in [4.78, 5) is 14.2. The Balaban J connectivity index is 1.97. The number of rotatable bonds is 2. The average molecular weight is 311 g/mol. The topological polar surface area (TPSA) is 20.3 Å². The van der Waals surface area contributed by atoms with Gasteiger partial charge in [0.15, 0.2) is 0 Å². The van der Waals surface area contributed by atoms with Gasteiger partial charge in [-0.25, -0.2) is 13.2 Å². The van der Waals surface area contributed by atoms with Crippen molar-refractivity contribution >= 4 is 5.91 Å². The maximum atomic E-state index is 13.9. The maximum Gasteiger partial charge on any atom is 0.259 e. The highest BCUT2D eigenvalue weighted by Gasteiger charge is 2.62. The van der Waals surface area contributed by atoms with E-state index in [4.69, 9.17) is 0 Å². The highest BCUT2D eigenvalue weighted by atomic mass is 19.3. The number of nitrogens with zero attached hydrogens (tertiary/aromatic N) is 1. The molecule has 1 aromatic carbocycles. The lowest BCUT2D eigenvalue weighted by molar-refractivity contribution is -0.156. The van der Waals surface area contributed by atoms with Crippen LogP contribution < -0.4 is 0 Å². The van der Waals surface area contributed by atoms with E-state index >= 15 is 0 Å². The van der Waals surface area contributed by atoms with Crippen LogP contribution in [0.15, 0.2) is 18.2 Å². The van der Waals surface area contributed by atoms with Crippen molar-refractivity contribution in [1.82, 2.24) is 4.90 Å². The van der Waals surface area contributed by atoms with Crippen molar-refractivity contribution in [1.29, 1.82) is 0 Å². The second-order valence-electron chi connectivity index (χ2n) is 6.95. The van der Waals surface area contributed by atoms with Crippen LogP contribution in [-0.2, 0) is 4.79 Å². The molecule has 0 bridgehead atoms. The number of alkyl halides is 2. The molecule has 2 aliphatic heterocycles. The molecule has 0 unspecified atom stereocenters. The largest absolute Gasteiger partial charge is 0.332 e. The second-order valence-corrected chi connectivity index (χ2v) is 6.95. The first-order valence-electron chi connectivity index (χ1n) is 7.61. The van der Waals surface area contributed by atoms with Gasteiger partial charge in [0.1, 0.15) is 11.2 Å². The number of hydrogen-bond donors (Lipinski definition) is 0. The molecule has 3 rings (SSSR count). The molecule has 0 aliphatic carbocycles. The molecule has 120 valence electrons. The van der Waals surface area contributed by atoms with Crippen LogP contribution in [0.2, 0.25) is 0 Å². The van der Waals surface area contributed by atoms with Gasteiger partial charge in [-0.05, 0) is 56.4 Å². The van der Waals surface area contributed by atoms with Gasteiger partial charge in [0.25, 0.3) is 5.92 Å². The highest BCUT2D eigenvalue weighted by Crippen LogP contribution is 2.54. The number of fused-ring (bicyclic) bond motifs is 1. The van der Waals surface area contributed by atoms with Crippen molar-refractivity contribution in [3.8, 4) is 0 Å². The van der Waals surface area contributed by atoms with Gasteiger partial charge >= 0.3 is 0 Å². The minimum atomic E-state index is -3.06. The lowest BCUT2D eigenvalue weighted by atomic mass is 9.80. The number of hydrogen-bond acceptors (Lipinski definition) is 1. The van der Waals surface area contributed by atoms with E-state index in [1.165, 1.54) is 19.1 Å². The van der Waals surface area contributed by atoms with Crippen LogP contribution in [0.5, 0.6) is 0 Å². The quantitative estimate of drug-likeness (QED) is 0.800. The summed E-state index contributed by atoms with van der Waals surface area (Å²) in [6.07, 6.45) is 1.56. The fourth-order valence-corrected chi connectivity index (χ4v) is 3.89. The number of benzene rings is 1. The summed E-state index contributed by atoms with van der Waals surface area (Å²) in [5, 5.41) is 0. The smallest absolute Gasteiger partial charge is 0.259 e. The summed E-state index contributed by atoms with van der Waals surface area (Å²) in [5.74, 6) is -3.92. The SMILES string of the molecule is Cc1cc(F)cc([C@@H]2CC[C@H]3C[C@@](C)(C(C)(F)F)C(=O)N32)c1. The molecule has 2 aliphatic rings. The van der Waals surface area contributed by atoms with E-state index in [0.29, 0.717) is 18.4 Å². The minimum Gasteiger partial charge on any atom is -0.332 e. The molecular weight excluding hydrogens is 291 g/mol. The van der Waals surface area contributed by atoms with Crippen LogP contribution >= 0.6 is 0 Å². The summed E-state index contributed by atoms with van der Waals surface area (Å²) in [6.45, 7) is 3.95. The molecule has 0 aromatic heterocycles. The van der Waals surface area contributed by atoms with E-state index in [1.807, 2.05) is 6.07 Å². The first-order valence-corrected chi connectivity index (χ1v) is 7.61. The number of carbonyl (C=O) groups excluding carboxylic acids is 1. The molecule has 22 heavy (non-hydrogen) atoms. The lowest BCUT2D eigenvalue weighted by Gasteiger charge is -2.31. The molecule has 2 saturated heterocycles. The molecule has 2 nitrogen and oxygen atoms in total. The first-order chi connectivity index (χ1) is 10.1. The Morgan fingerprint density at radius 1 is 1.27 bits per heavy atom. The molecule has 3 atom stereocenters. The van der Waals surface area contributed by atoms with Gasteiger partial charge < -0.3 is 4.90 Å². The van der Waals surface area contributed by atoms with Crippen molar-refractivity contribution in [3.05, 3.63) is 35.1 Å². The van der Waals surface area contributed by atoms with Gasteiger partial charge in [0, 0.05) is 13.0 Å². The highest BCUT2D eigenvalue weighted by molar-refractivity contribution is 5.87. The van der Waals surface area contributed by atoms with Gasteiger partial charge in [-0.1, -0.05) is 6.07 Å². The minimum absolute atomic E-state index is 0.167. The fraction of sp³-hybridized carbons (Fsp3) is 0.588. The van der Waals surface area contributed by atoms with Crippen molar-refractivity contribution in [2.45, 2.75) is 58.0 Å². The molecule has 1 amide bonds. The van der Waals surface area contributed by atoms with Crippen LogP contribution in [-0.4, -0.2) is 22.8 Å². The summed E-state index contributed by atoms with van der Waals surface area (Å²) >= 11 is 0. The summed E-state index contributed by atoms with van der Waals surface area (Å²) in [5.41, 5.74) is -0.177. The predicted molar refractivity (Wildman–Crippen MR) is 77.1 cm³/mol. The van der Waals surface area contributed by atoms with Crippen LogP contribution in [0.25, 0.3) is 0 Å². The monoisotopic (exact) mass is 311 g/mol. The van der Waals surface area contributed by atoms with Crippen molar-refractivity contribution in [2.75, 3.05) is 0 Å². The Morgan fingerprint density at radius 2 is 1.95 bits per heavy atom. The summed E-state index contributed by atoms with van der Waals surface area (Å²) in [6, 6.07) is 4.20. The number of aryl methyl sites for hydroxylation is 1. The summed E-state index contributed by atoms with van der Waals surface area (Å²) in [7, 11) is 0. The Bertz CT molecular complexity index is 605. The molecule has 0 N–H and O–H groups in total. The van der Waals surface area contributed by atoms with Gasteiger partial charge in [0.05, 0.1) is 6.04 Å². The third kappa shape index (κ3) is 2.13. The van der Waals surface area contributed by atoms with Crippen LogP contribution in [0.4, 0.5) is 13.2 Å². The molecule has 2 heterocycles. The van der Waals surface area contributed by atoms with Crippen LogP contribution in [0.1, 0.15) is 50.3 Å². The van der Waals surface area contributed by atoms with E-state index in [2.05, 4.69) is 0 Å². The van der Waals surface area contributed by atoms with E-state index in [9.17, 15) is 18.0 Å². The van der Waals surface area contributed by atoms with E-state index in [1.54, 1.807) is 11.8 Å². The van der Waals surface area contributed by atoms with Crippen molar-refractivity contribution in [3.63, 3.8) is 0 Å². The number of halogens is 3. The van der Waals surface area contributed by atoms with Crippen LogP contribution in [0.3, 0.4) is 0 Å². The van der Waals surface area contributed by atoms with Crippen LogP contribution in [0, 0.1) is 18.2 Å². The maximum absolute atomic E-state index is 13.9. The Kier molecular flexibility index (Phi) is 3.31. The average Bonchev–Trinajstić information content (AvgIpc) is 2.88. The van der Waals surface area contributed by atoms with Gasteiger partial charge in [0.2, 0.25) is 5.91 Å². The standard InChI is InChI=1S/C17H20F3NO/c1-10-6-11(8-12(18)7-10)14-5-4-13-9-16(2,17(3,19)20)15(22)21(13)14/h6-8,13-14H,4-5,9H2,1-3H3/t13-,14-,16+/m0/s1. The van der Waals surface area contributed by atoms with E-state index in [-0.39, 0.29) is 24.3 Å². The van der Waals surface area contributed by atoms with Crippen molar-refractivity contribution < 1.29 is 18.0 Å². The Labute approximate surface area is 128 Å². The van der Waals surface area contributed by atoms with Crippen molar-refractivity contribution in [2.24, 2.45) is 5.41 Å². The molecule has 1 aromatic rings. The molecule has 0 saturated carbocycles. The molecular formula is C17H20F3NO. The van der Waals surface area contributed by atoms with E-state index in [0.717, 1.165) is 12.5 Å². The predicted octanol–water partition coefficient (Wildman–Crippen LogP) is 4.23. The van der Waals surface area contributed by atoms with E-state index < -0.39 is 17.2 Å². The zero-order valence-electron chi connectivity index (χ0n) is 13.0. The molecule has 0 spiro atoms. The third-order valence-corrected chi connectivity index (χ3v) is 5.27. The first kappa shape index (κ1) is 15.4. The normalized spacial score (nSPS) is 31.7. The Morgan fingerprint density at radius 3 is 2.55 bits per heavy atom. The fourth-order valence-electron chi connectivity index (χ4n) is 3.89. The third-order valence-electron chi connectivity index (χ3n) is 5.27. The second kappa shape index (κ2) is 4.74.